The van der Waals surface area contributed by atoms with Gasteiger partial charge in [-0.05, 0) is 32.1 Å². The molecule has 0 saturated carbocycles. The van der Waals surface area contributed by atoms with Crippen LogP contribution in [0, 0.1) is 11.8 Å². The molecule has 0 bridgehead atoms. The number of aliphatic hydroxyl groups excluding tert-OH is 1. The van der Waals surface area contributed by atoms with E-state index in [9.17, 15) is 13.5 Å². The summed E-state index contributed by atoms with van der Waals surface area (Å²) in [5.41, 5.74) is 0. The van der Waals surface area contributed by atoms with Gasteiger partial charge in [-0.2, -0.15) is 4.31 Å². The van der Waals surface area contributed by atoms with Crippen molar-refractivity contribution in [1.82, 2.24) is 9.21 Å². The van der Waals surface area contributed by atoms with Crippen molar-refractivity contribution in [2.75, 3.05) is 53.6 Å². The standard InChI is InChI=1S/C16H24N2O5S/c1-17(2)8-12-9-18(10-13(12)11-19)24(20,21)15-5-3-4-14-16(15)23-7-6-22-14/h3-5,12-13,19H,6-11H2,1-2H3. The zero-order valence-corrected chi connectivity index (χ0v) is 14.8. The Kier molecular flexibility index (Phi) is 5.00. The minimum atomic E-state index is -3.69. The SMILES string of the molecule is CN(C)CC1CN(S(=O)(=O)c2cccc3c2OCCO3)CC1CO. The Balaban J connectivity index is 1.89. The first-order valence-electron chi connectivity index (χ1n) is 8.08. The van der Waals surface area contributed by atoms with E-state index in [0.29, 0.717) is 37.8 Å². The average Bonchev–Trinajstić information content (AvgIpc) is 2.97. The number of hydrogen-bond donors (Lipinski definition) is 1. The zero-order chi connectivity index (χ0) is 17.3. The van der Waals surface area contributed by atoms with Crippen LogP contribution in [0.2, 0.25) is 0 Å². The third-order valence-corrected chi connectivity index (χ3v) is 6.38. The lowest BCUT2D eigenvalue weighted by Crippen LogP contribution is -2.31. The van der Waals surface area contributed by atoms with Crippen LogP contribution >= 0.6 is 0 Å². The second kappa shape index (κ2) is 6.87. The van der Waals surface area contributed by atoms with Crippen LogP contribution in [-0.2, 0) is 10.0 Å². The van der Waals surface area contributed by atoms with Crippen molar-refractivity contribution in [1.29, 1.82) is 0 Å². The Labute approximate surface area is 142 Å². The van der Waals surface area contributed by atoms with Gasteiger partial charge < -0.3 is 19.5 Å². The molecular weight excluding hydrogens is 332 g/mol. The molecule has 1 N–H and O–H groups in total. The monoisotopic (exact) mass is 356 g/mol. The van der Waals surface area contributed by atoms with E-state index >= 15 is 0 Å². The fourth-order valence-corrected chi connectivity index (χ4v) is 5.06. The molecule has 0 radical (unpaired) electrons. The van der Waals surface area contributed by atoms with Crippen molar-refractivity contribution in [3.05, 3.63) is 18.2 Å². The lowest BCUT2D eigenvalue weighted by atomic mass is 9.97. The smallest absolute Gasteiger partial charge is 0.246 e. The third-order valence-electron chi connectivity index (χ3n) is 4.53. The Morgan fingerprint density at radius 1 is 1.21 bits per heavy atom. The van der Waals surface area contributed by atoms with Crippen molar-refractivity contribution in [3.63, 3.8) is 0 Å². The quantitative estimate of drug-likeness (QED) is 0.815. The van der Waals surface area contributed by atoms with E-state index in [1.54, 1.807) is 18.2 Å². The number of benzene rings is 1. The Bertz CT molecular complexity index is 692. The molecule has 1 fully saturated rings. The van der Waals surface area contributed by atoms with Gasteiger partial charge in [0, 0.05) is 32.2 Å². The zero-order valence-electron chi connectivity index (χ0n) is 14.0. The molecule has 2 atom stereocenters. The molecule has 8 heteroatoms. The van der Waals surface area contributed by atoms with Crippen LogP contribution in [0.25, 0.3) is 0 Å². The van der Waals surface area contributed by atoms with Crippen LogP contribution < -0.4 is 9.47 Å². The number of hydrogen-bond acceptors (Lipinski definition) is 6. The molecule has 2 aliphatic rings. The van der Waals surface area contributed by atoms with E-state index in [1.165, 1.54) is 4.31 Å². The maximum absolute atomic E-state index is 13.1. The molecule has 7 nitrogen and oxygen atoms in total. The number of sulfonamides is 1. The molecular formula is C16H24N2O5S. The van der Waals surface area contributed by atoms with Crippen molar-refractivity contribution >= 4 is 10.0 Å². The fraction of sp³-hybridized carbons (Fsp3) is 0.625. The molecule has 2 unspecified atom stereocenters. The highest BCUT2D eigenvalue weighted by Crippen LogP contribution is 2.39. The Morgan fingerprint density at radius 3 is 2.62 bits per heavy atom. The van der Waals surface area contributed by atoms with Crippen molar-refractivity contribution in [2.45, 2.75) is 4.90 Å². The lowest BCUT2D eigenvalue weighted by molar-refractivity contribution is 0.166. The summed E-state index contributed by atoms with van der Waals surface area (Å²) >= 11 is 0. The summed E-state index contributed by atoms with van der Waals surface area (Å²) in [4.78, 5) is 2.16. The predicted octanol–water partition coefficient (Wildman–Crippen LogP) is 0.248. The van der Waals surface area contributed by atoms with E-state index in [-0.39, 0.29) is 23.3 Å². The van der Waals surface area contributed by atoms with Crippen LogP contribution in [0.1, 0.15) is 0 Å². The molecule has 1 saturated heterocycles. The Morgan fingerprint density at radius 2 is 1.92 bits per heavy atom. The van der Waals surface area contributed by atoms with Crippen LogP contribution in [-0.4, -0.2) is 76.3 Å². The van der Waals surface area contributed by atoms with Gasteiger partial charge in [0.1, 0.15) is 18.1 Å². The summed E-state index contributed by atoms with van der Waals surface area (Å²) < 4.78 is 38.7. The summed E-state index contributed by atoms with van der Waals surface area (Å²) in [5, 5.41) is 9.61. The van der Waals surface area contributed by atoms with E-state index in [1.807, 2.05) is 19.0 Å². The predicted molar refractivity (Wildman–Crippen MR) is 88.8 cm³/mol. The molecule has 24 heavy (non-hydrogen) atoms. The first-order valence-corrected chi connectivity index (χ1v) is 9.52. The Hall–Kier alpha value is -1.35. The van der Waals surface area contributed by atoms with E-state index in [2.05, 4.69) is 0 Å². The maximum Gasteiger partial charge on any atom is 0.246 e. The first kappa shape index (κ1) is 17.5. The van der Waals surface area contributed by atoms with Crippen LogP contribution in [0.3, 0.4) is 0 Å². The van der Waals surface area contributed by atoms with Crippen LogP contribution in [0.5, 0.6) is 11.5 Å². The van der Waals surface area contributed by atoms with Crippen LogP contribution in [0.4, 0.5) is 0 Å². The molecule has 0 aromatic heterocycles. The van der Waals surface area contributed by atoms with Gasteiger partial charge in [0.15, 0.2) is 11.5 Å². The molecule has 0 spiro atoms. The number of para-hydroxylation sites is 1. The minimum absolute atomic E-state index is 0.0168. The van der Waals surface area contributed by atoms with Gasteiger partial charge in [-0.15, -0.1) is 0 Å². The van der Waals surface area contributed by atoms with E-state index in [0.717, 1.165) is 6.54 Å². The highest BCUT2D eigenvalue weighted by Gasteiger charge is 2.40. The number of ether oxygens (including phenoxy) is 2. The van der Waals surface area contributed by atoms with Crippen molar-refractivity contribution in [2.24, 2.45) is 11.8 Å². The number of nitrogens with zero attached hydrogens (tertiary/aromatic N) is 2. The highest BCUT2D eigenvalue weighted by atomic mass is 32.2. The van der Waals surface area contributed by atoms with Crippen molar-refractivity contribution in [3.8, 4) is 11.5 Å². The summed E-state index contributed by atoms with van der Waals surface area (Å²) in [6.07, 6.45) is 0. The van der Waals surface area contributed by atoms with E-state index < -0.39 is 10.0 Å². The van der Waals surface area contributed by atoms with Gasteiger partial charge >= 0.3 is 0 Å². The van der Waals surface area contributed by atoms with E-state index in [4.69, 9.17) is 9.47 Å². The van der Waals surface area contributed by atoms with Gasteiger partial charge in [0.25, 0.3) is 0 Å². The molecule has 0 amide bonds. The topological polar surface area (TPSA) is 79.3 Å². The average molecular weight is 356 g/mol. The molecule has 1 aromatic rings. The second-order valence-electron chi connectivity index (χ2n) is 6.57. The summed E-state index contributed by atoms with van der Waals surface area (Å²) in [5.74, 6) is 0.806. The summed E-state index contributed by atoms with van der Waals surface area (Å²) in [6, 6.07) is 4.93. The molecule has 2 heterocycles. The largest absolute Gasteiger partial charge is 0.486 e. The highest BCUT2D eigenvalue weighted by molar-refractivity contribution is 7.89. The molecule has 1 aromatic carbocycles. The first-order chi connectivity index (χ1) is 11.4. The van der Waals surface area contributed by atoms with Crippen LogP contribution in [0.15, 0.2) is 23.1 Å². The summed E-state index contributed by atoms with van der Waals surface area (Å²) in [7, 11) is 0.204. The molecule has 0 aliphatic carbocycles. The van der Waals surface area contributed by atoms with Gasteiger partial charge in [-0.1, -0.05) is 6.07 Å². The van der Waals surface area contributed by atoms with Crippen molar-refractivity contribution < 1.29 is 23.0 Å². The second-order valence-corrected chi connectivity index (χ2v) is 8.47. The number of rotatable bonds is 5. The summed E-state index contributed by atoms with van der Waals surface area (Å²) in [6.45, 7) is 2.19. The maximum atomic E-state index is 13.1. The third kappa shape index (κ3) is 3.23. The van der Waals surface area contributed by atoms with Gasteiger partial charge in [0.05, 0.1) is 0 Å². The van der Waals surface area contributed by atoms with Gasteiger partial charge in [-0.25, -0.2) is 8.42 Å². The van der Waals surface area contributed by atoms with Gasteiger partial charge in [-0.3, -0.25) is 0 Å². The molecule has 134 valence electrons. The normalized spacial score (nSPS) is 24.5. The molecule has 2 aliphatic heterocycles. The number of aliphatic hydroxyl groups is 1. The molecule has 3 rings (SSSR count). The number of fused-ring (bicyclic) bond motifs is 1. The fourth-order valence-electron chi connectivity index (χ4n) is 3.36. The van der Waals surface area contributed by atoms with Gasteiger partial charge in [0.2, 0.25) is 10.0 Å². The minimum Gasteiger partial charge on any atom is -0.486 e. The lowest BCUT2D eigenvalue weighted by Gasteiger charge is -2.23.